The standard InChI is InChI=1S/C25H4.C23H26N2O8S2.C19H20Br2N2O5S2/c1-3-5-7-9-11-13-15-17-19-21-23-25-24-22-20-18-16-14-12-10-8-6-4-2;1-17(26)18-3-7-21(8-4-18)35(30,31)25-15-16-33-23(25)11-13-24(14-12-23)34(28,29)20-9-5-19(6-10-20)22(27)32-2;20-15-1-5-17(6-2-15)29(24,25)22-11-9-19(10-12-22)23(13-14-28-19)30(26,27)18-7-3-16(21)4-8-18/h1H,2H3;3-10H,11-16H2,1-2H3;1-8H,9-14H2. The van der Waals surface area contributed by atoms with Crippen LogP contribution < -0.4 is 0 Å². The number of carbonyl (C=O) groups is 2. The molecule has 4 aromatic rings. The molecule has 17 nitrogen and oxygen atoms in total. The number of rotatable bonds is 10. The van der Waals surface area contributed by atoms with Gasteiger partial charge in [-0.15, -0.1) is 6.42 Å². The van der Waals surface area contributed by atoms with E-state index in [1.165, 1.54) is 79.8 Å². The zero-order chi connectivity index (χ0) is 65.3. The summed E-state index contributed by atoms with van der Waals surface area (Å²) in [6, 6.07) is 24.2. The highest BCUT2D eigenvalue weighted by Gasteiger charge is 2.53. The van der Waals surface area contributed by atoms with Crippen LogP contribution in [-0.4, -0.2) is 134 Å². The van der Waals surface area contributed by atoms with Gasteiger partial charge in [0, 0.05) is 115 Å². The molecule has 0 N–H and O–H groups in total. The number of methoxy groups -OCH3 is 1. The minimum absolute atomic E-state index is 0.0310. The largest absolute Gasteiger partial charge is 0.465 e. The van der Waals surface area contributed by atoms with Crippen LogP contribution in [0, 0.1) is 143 Å². The van der Waals surface area contributed by atoms with Crippen LogP contribution in [0.4, 0.5) is 0 Å². The van der Waals surface area contributed by atoms with Crippen molar-refractivity contribution in [2.45, 2.75) is 70.6 Å². The van der Waals surface area contributed by atoms with Gasteiger partial charge in [0.25, 0.3) is 0 Å². The lowest BCUT2D eigenvalue weighted by Gasteiger charge is -2.42. The van der Waals surface area contributed by atoms with Crippen molar-refractivity contribution >= 4 is 83.7 Å². The van der Waals surface area contributed by atoms with Gasteiger partial charge in [-0.3, -0.25) is 4.79 Å². The van der Waals surface area contributed by atoms with Crippen molar-refractivity contribution in [1.82, 2.24) is 17.2 Å². The fourth-order valence-corrected chi connectivity index (χ4v) is 15.9. The molecule has 0 aliphatic carbocycles. The molecule has 4 aromatic carbocycles. The molecule has 0 saturated carbocycles. The predicted octanol–water partition coefficient (Wildman–Crippen LogP) is 5.97. The van der Waals surface area contributed by atoms with Crippen molar-refractivity contribution in [3.05, 3.63) is 117 Å². The van der Waals surface area contributed by atoms with Crippen LogP contribution in [0.15, 0.2) is 126 Å². The van der Waals surface area contributed by atoms with E-state index in [2.05, 4.69) is 173 Å². The summed E-state index contributed by atoms with van der Waals surface area (Å²) in [5.74, 6) is 56.2. The number of sulfonamides is 4. The van der Waals surface area contributed by atoms with E-state index in [1.807, 2.05) is 0 Å². The van der Waals surface area contributed by atoms with Crippen molar-refractivity contribution in [2.24, 2.45) is 0 Å². The maximum atomic E-state index is 13.4. The van der Waals surface area contributed by atoms with Crippen molar-refractivity contribution in [2.75, 3.05) is 59.6 Å². The molecule has 4 aliphatic heterocycles. The Kier molecular flexibility index (Phi) is 25.9. The molecule has 0 radical (unpaired) electrons. The number of ether oxygens (including phenoxy) is 3. The fourth-order valence-electron chi connectivity index (χ4n) is 9.01. The van der Waals surface area contributed by atoms with Crippen molar-refractivity contribution in [3.63, 3.8) is 0 Å². The topological polar surface area (TPSA) is 211 Å². The lowest BCUT2D eigenvalue weighted by atomic mass is 10.0. The van der Waals surface area contributed by atoms with Crippen molar-refractivity contribution in [3.8, 4) is 143 Å². The van der Waals surface area contributed by atoms with Crippen LogP contribution in [0.1, 0.15) is 60.2 Å². The van der Waals surface area contributed by atoms with E-state index in [4.69, 9.17) is 15.9 Å². The minimum atomic E-state index is -3.92. The van der Waals surface area contributed by atoms with Crippen LogP contribution in [0.2, 0.25) is 0 Å². The maximum Gasteiger partial charge on any atom is 0.337 e. The highest BCUT2D eigenvalue weighted by atomic mass is 79.9. The average molecular weight is 1410 g/mol. The summed E-state index contributed by atoms with van der Waals surface area (Å²) in [6.45, 7) is 4.49. The Labute approximate surface area is 544 Å². The van der Waals surface area contributed by atoms with Gasteiger partial charge in [-0.2, -0.15) is 17.2 Å². The lowest BCUT2D eigenvalue weighted by Crippen LogP contribution is -2.55. The lowest BCUT2D eigenvalue weighted by molar-refractivity contribution is -0.0810. The number of nitrogens with zero attached hydrogens (tertiary/aromatic N) is 4. The SMILES string of the molecule is C#CC#CC#CC#CC#CC#CC#CC#CC#CC#CC#CC#CC.COC(=O)c1ccc(S(=O)(=O)N2CCC3(CC2)OCCN3S(=O)(=O)c2ccc(C(C)=O)cc2)cc1.O=S(=O)(c1ccc(Br)cc1)N1CCC2(CC1)OCCN2S(=O)(=O)c1ccc(Br)cc1. The second-order valence-corrected chi connectivity index (χ2v) is 28.0. The molecule has 0 atom stereocenters. The summed E-state index contributed by atoms with van der Waals surface area (Å²) >= 11 is 6.62. The summed E-state index contributed by atoms with van der Waals surface area (Å²) in [5, 5.41) is 0. The second kappa shape index (κ2) is 33.2. The quantitative estimate of drug-likeness (QED) is 0.102. The number of carbonyl (C=O) groups excluding carboxylic acids is 2. The molecule has 454 valence electrons. The van der Waals surface area contributed by atoms with E-state index in [0.717, 1.165) is 8.95 Å². The molecule has 4 heterocycles. The third-order valence-corrected chi connectivity index (χ3v) is 22.1. The first-order chi connectivity index (χ1) is 43.1. The molecule has 4 aliphatic rings. The molecule has 4 fully saturated rings. The van der Waals surface area contributed by atoms with Crippen molar-refractivity contribution in [1.29, 1.82) is 0 Å². The zero-order valence-corrected chi connectivity index (χ0v) is 54.7. The van der Waals surface area contributed by atoms with Crippen molar-refractivity contribution < 1.29 is 57.5 Å². The van der Waals surface area contributed by atoms with E-state index in [0.29, 0.717) is 5.56 Å². The molecule has 23 heteroatoms. The molecular weight excluding hydrogens is 1360 g/mol. The van der Waals surface area contributed by atoms with Gasteiger partial charge >= 0.3 is 5.97 Å². The molecule has 8 rings (SSSR count). The Morgan fingerprint density at radius 1 is 0.433 bits per heavy atom. The first kappa shape index (κ1) is 70.3. The molecule has 0 aromatic heterocycles. The maximum absolute atomic E-state index is 13.4. The van der Waals surface area contributed by atoms with Gasteiger partial charge in [-0.05, 0) is 194 Å². The smallest absolute Gasteiger partial charge is 0.337 e. The monoisotopic (exact) mass is 1400 g/mol. The number of esters is 1. The molecule has 0 bridgehead atoms. The number of hydrogen-bond donors (Lipinski definition) is 0. The van der Waals surface area contributed by atoms with E-state index in [9.17, 15) is 43.3 Å². The Bertz CT molecular complexity index is 4680. The van der Waals surface area contributed by atoms with Gasteiger partial charge < -0.3 is 14.2 Å². The van der Waals surface area contributed by atoms with E-state index < -0.39 is 57.5 Å². The minimum Gasteiger partial charge on any atom is -0.465 e. The predicted molar refractivity (Wildman–Crippen MR) is 344 cm³/mol. The number of hydrogen-bond acceptors (Lipinski definition) is 13. The van der Waals surface area contributed by atoms with Crippen LogP contribution in [-0.2, 0) is 54.3 Å². The normalized spacial score (nSPS) is 15.3. The third kappa shape index (κ3) is 18.7. The van der Waals surface area contributed by atoms with E-state index in [1.54, 1.807) is 55.5 Å². The molecule has 90 heavy (non-hydrogen) atoms. The Balaban J connectivity index is 0.000000219. The molecule has 4 saturated heterocycles. The number of terminal acetylenes is 1. The van der Waals surface area contributed by atoms with Crippen LogP contribution >= 0.6 is 31.9 Å². The number of ketones is 1. The van der Waals surface area contributed by atoms with Crippen LogP contribution in [0.3, 0.4) is 0 Å². The first-order valence-electron chi connectivity index (χ1n) is 26.6. The zero-order valence-electron chi connectivity index (χ0n) is 48.3. The number of Topliss-reactive ketones (excluding diaryl/α,β-unsaturated/α-hetero) is 1. The van der Waals surface area contributed by atoms with Crippen LogP contribution in [0.5, 0.6) is 0 Å². The highest BCUT2D eigenvalue weighted by Crippen LogP contribution is 2.41. The van der Waals surface area contributed by atoms with Gasteiger partial charge in [-0.25, -0.2) is 38.5 Å². The summed E-state index contributed by atoms with van der Waals surface area (Å²) in [7, 11) is -13.9. The van der Waals surface area contributed by atoms with Crippen LogP contribution in [0.25, 0.3) is 0 Å². The summed E-state index contributed by atoms with van der Waals surface area (Å²) < 4.78 is 129. The number of benzene rings is 4. The first-order valence-corrected chi connectivity index (χ1v) is 33.9. The Morgan fingerprint density at radius 3 is 1.00 bits per heavy atom. The summed E-state index contributed by atoms with van der Waals surface area (Å²) in [4.78, 5) is 23.6. The van der Waals surface area contributed by atoms with Gasteiger partial charge in [0.2, 0.25) is 40.1 Å². The summed E-state index contributed by atoms with van der Waals surface area (Å²) in [5.41, 5.74) is -1.51. The van der Waals surface area contributed by atoms with E-state index in [-0.39, 0.29) is 109 Å². The number of halogens is 2. The van der Waals surface area contributed by atoms with Gasteiger partial charge in [0.15, 0.2) is 5.78 Å². The van der Waals surface area contributed by atoms with E-state index >= 15 is 0 Å². The third-order valence-electron chi connectivity index (χ3n) is 13.3. The molecular formula is C67H50Br2N4O13S4. The average Bonchev–Trinajstić information content (AvgIpc) is 1.49. The van der Waals surface area contributed by atoms with Gasteiger partial charge in [0.1, 0.15) is 11.4 Å². The number of piperidine rings is 2. The highest BCUT2D eigenvalue weighted by molar-refractivity contribution is 9.10. The summed E-state index contributed by atoms with van der Waals surface area (Å²) in [6.07, 6.45) is 5.79. The molecule has 2 spiro atoms. The molecule has 0 unspecified atom stereocenters. The Hall–Kier alpha value is -8.74. The van der Waals surface area contributed by atoms with Gasteiger partial charge in [0.05, 0.1) is 45.5 Å². The second-order valence-electron chi connectivity index (χ2n) is 18.6. The van der Waals surface area contributed by atoms with Gasteiger partial charge in [-0.1, -0.05) is 49.9 Å². The fraction of sp³-hybridized carbons (Fsp3) is 0.254. The Morgan fingerprint density at radius 2 is 0.711 bits per heavy atom. The molecule has 0 amide bonds.